The van der Waals surface area contributed by atoms with Crippen LogP contribution in [0.1, 0.15) is 0 Å². The second-order valence-electron chi connectivity index (χ2n) is 3.69. The van der Waals surface area contributed by atoms with Gasteiger partial charge in [0, 0.05) is 10.7 Å². The van der Waals surface area contributed by atoms with Crippen LogP contribution in [-0.2, 0) is 0 Å². The summed E-state index contributed by atoms with van der Waals surface area (Å²) in [5.41, 5.74) is 7.44. The molecule has 0 bridgehead atoms. The van der Waals surface area contributed by atoms with Crippen LogP contribution < -0.4 is 5.73 Å². The van der Waals surface area contributed by atoms with E-state index in [1.54, 1.807) is 28.4 Å². The summed E-state index contributed by atoms with van der Waals surface area (Å²) in [4.78, 5) is 5.34. The van der Waals surface area contributed by atoms with Gasteiger partial charge in [0.05, 0.1) is 16.8 Å². The van der Waals surface area contributed by atoms with Gasteiger partial charge in [-0.25, -0.2) is 9.67 Å². The van der Waals surface area contributed by atoms with Gasteiger partial charge < -0.3 is 5.73 Å². The lowest BCUT2D eigenvalue weighted by molar-refractivity contribution is 0.850. The van der Waals surface area contributed by atoms with Crippen molar-refractivity contribution in [1.29, 1.82) is 0 Å². The Morgan fingerprint density at radius 3 is 2.83 bits per heavy atom. The Bertz CT molecular complexity index is 658. The van der Waals surface area contributed by atoms with Gasteiger partial charge in [0.1, 0.15) is 5.69 Å². The van der Waals surface area contributed by atoms with E-state index in [2.05, 4.69) is 26.0 Å². The number of hydrogen-bond donors (Lipinski definition) is 1. The second kappa shape index (κ2) is 4.55. The number of nitrogens with two attached hydrogens (primary N) is 1. The lowest BCUT2D eigenvalue weighted by Gasteiger charge is -1.99. The van der Waals surface area contributed by atoms with Crippen molar-refractivity contribution >= 4 is 33.0 Å². The van der Waals surface area contributed by atoms with E-state index in [1.807, 2.05) is 29.6 Å². The van der Waals surface area contributed by atoms with Gasteiger partial charge in [0.15, 0.2) is 5.82 Å². The molecular formula is C12H9BrN4S. The molecule has 0 saturated heterocycles. The summed E-state index contributed by atoms with van der Waals surface area (Å²) in [6.45, 7) is 0. The van der Waals surface area contributed by atoms with Gasteiger partial charge in [-0.05, 0) is 39.5 Å². The van der Waals surface area contributed by atoms with Crippen LogP contribution in [0.5, 0.6) is 0 Å². The number of nitrogen functional groups attached to an aromatic ring is 1. The van der Waals surface area contributed by atoms with Crippen molar-refractivity contribution in [3.63, 3.8) is 0 Å². The fraction of sp³-hybridized carbons (Fsp3) is 0. The lowest BCUT2D eigenvalue weighted by Crippen LogP contribution is -1.97. The standard InChI is InChI=1S/C12H9BrN4S/c13-8-3-4-11(15-6-8)17-7-9(14)12(16-17)10-2-1-5-18-10/h1-7H,14H2. The number of halogens is 1. The predicted octanol–water partition coefficient (Wildman–Crippen LogP) is 3.34. The molecule has 0 spiro atoms. The minimum Gasteiger partial charge on any atom is -0.396 e. The lowest BCUT2D eigenvalue weighted by atomic mass is 10.3. The Balaban J connectivity index is 2.05. The summed E-state index contributed by atoms with van der Waals surface area (Å²) < 4.78 is 2.63. The highest BCUT2D eigenvalue weighted by Crippen LogP contribution is 2.28. The average Bonchev–Trinajstić information content (AvgIpc) is 2.99. The molecule has 0 fully saturated rings. The Morgan fingerprint density at radius 1 is 1.28 bits per heavy atom. The molecule has 0 amide bonds. The van der Waals surface area contributed by atoms with Crippen LogP contribution in [0.2, 0.25) is 0 Å². The number of thiophene rings is 1. The smallest absolute Gasteiger partial charge is 0.153 e. The molecule has 3 aromatic heterocycles. The zero-order valence-electron chi connectivity index (χ0n) is 9.25. The summed E-state index contributed by atoms with van der Waals surface area (Å²) >= 11 is 4.97. The average molecular weight is 321 g/mol. The number of pyridine rings is 1. The summed E-state index contributed by atoms with van der Waals surface area (Å²) in [6.07, 6.45) is 3.52. The van der Waals surface area contributed by atoms with E-state index in [1.165, 1.54) is 0 Å². The largest absolute Gasteiger partial charge is 0.396 e. The maximum atomic E-state index is 5.99. The third-order valence-electron chi connectivity index (χ3n) is 2.44. The van der Waals surface area contributed by atoms with E-state index in [-0.39, 0.29) is 0 Å². The first-order valence-electron chi connectivity index (χ1n) is 5.25. The van der Waals surface area contributed by atoms with Crippen molar-refractivity contribution in [2.45, 2.75) is 0 Å². The first kappa shape index (κ1) is 11.4. The molecule has 0 radical (unpaired) electrons. The van der Waals surface area contributed by atoms with E-state index in [0.717, 1.165) is 20.9 Å². The van der Waals surface area contributed by atoms with Crippen molar-refractivity contribution in [2.75, 3.05) is 5.73 Å². The maximum absolute atomic E-state index is 5.99. The fourth-order valence-corrected chi connectivity index (χ4v) is 2.58. The number of aromatic nitrogens is 3. The molecule has 18 heavy (non-hydrogen) atoms. The third-order valence-corrected chi connectivity index (χ3v) is 3.79. The molecule has 4 nitrogen and oxygen atoms in total. The number of nitrogens with zero attached hydrogens (tertiary/aromatic N) is 3. The molecule has 90 valence electrons. The molecule has 0 saturated carbocycles. The number of hydrogen-bond acceptors (Lipinski definition) is 4. The molecule has 0 aliphatic carbocycles. The van der Waals surface area contributed by atoms with Crippen LogP contribution in [0.3, 0.4) is 0 Å². The highest BCUT2D eigenvalue weighted by molar-refractivity contribution is 9.10. The van der Waals surface area contributed by atoms with E-state index in [9.17, 15) is 0 Å². The Kier molecular flexibility index (Phi) is 2.89. The molecule has 3 aromatic rings. The summed E-state index contributed by atoms with van der Waals surface area (Å²) in [5, 5.41) is 6.48. The SMILES string of the molecule is Nc1cn(-c2ccc(Br)cn2)nc1-c1cccs1. The highest BCUT2D eigenvalue weighted by atomic mass is 79.9. The van der Waals surface area contributed by atoms with E-state index < -0.39 is 0 Å². The quantitative estimate of drug-likeness (QED) is 0.787. The van der Waals surface area contributed by atoms with Crippen molar-refractivity contribution in [3.8, 4) is 16.4 Å². The zero-order chi connectivity index (χ0) is 12.5. The fourth-order valence-electron chi connectivity index (χ4n) is 1.61. The van der Waals surface area contributed by atoms with Gasteiger partial charge in [0.2, 0.25) is 0 Å². The second-order valence-corrected chi connectivity index (χ2v) is 5.55. The van der Waals surface area contributed by atoms with Gasteiger partial charge >= 0.3 is 0 Å². The first-order chi connectivity index (χ1) is 8.74. The van der Waals surface area contributed by atoms with Gasteiger partial charge in [-0.1, -0.05) is 6.07 Å². The van der Waals surface area contributed by atoms with Crippen molar-refractivity contribution in [2.24, 2.45) is 0 Å². The third kappa shape index (κ3) is 2.04. The topological polar surface area (TPSA) is 56.7 Å². The van der Waals surface area contributed by atoms with Crippen LogP contribution in [-0.4, -0.2) is 14.8 Å². The van der Waals surface area contributed by atoms with Gasteiger partial charge in [0.25, 0.3) is 0 Å². The summed E-state index contributed by atoms with van der Waals surface area (Å²) in [6, 6.07) is 7.79. The maximum Gasteiger partial charge on any atom is 0.153 e. The van der Waals surface area contributed by atoms with Crippen LogP contribution >= 0.6 is 27.3 Å². The molecule has 0 aliphatic heterocycles. The van der Waals surface area contributed by atoms with E-state index in [0.29, 0.717) is 5.69 Å². The highest BCUT2D eigenvalue weighted by Gasteiger charge is 2.10. The van der Waals surface area contributed by atoms with E-state index in [4.69, 9.17) is 5.73 Å². The monoisotopic (exact) mass is 320 g/mol. The van der Waals surface area contributed by atoms with Crippen molar-refractivity contribution in [1.82, 2.24) is 14.8 Å². The van der Waals surface area contributed by atoms with Gasteiger partial charge in [-0.15, -0.1) is 11.3 Å². The van der Waals surface area contributed by atoms with Gasteiger partial charge in [-0.2, -0.15) is 5.10 Å². The minimum atomic E-state index is 0.655. The Labute approximate surface area is 116 Å². The predicted molar refractivity (Wildman–Crippen MR) is 76.8 cm³/mol. The molecule has 3 heterocycles. The van der Waals surface area contributed by atoms with E-state index >= 15 is 0 Å². The Morgan fingerprint density at radius 2 is 2.17 bits per heavy atom. The molecule has 6 heteroatoms. The summed E-state index contributed by atoms with van der Waals surface area (Å²) in [7, 11) is 0. The van der Waals surface area contributed by atoms with Crippen LogP contribution in [0.15, 0.2) is 46.5 Å². The number of anilines is 1. The molecule has 0 aromatic carbocycles. The van der Waals surface area contributed by atoms with Crippen LogP contribution in [0, 0.1) is 0 Å². The minimum absolute atomic E-state index is 0.655. The molecule has 3 rings (SSSR count). The van der Waals surface area contributed by atoms with Crippen molar-refractivity contribution in [3.05, 3.63) is 46.5 Å². The molecule has 2 N–H and O–H groups in total. The molecule has 0 unspecified atom stereocenters. The number of rotatable bonds is 2. The Hall–Kier alpha value is -1.66. The van der Waals surface area contributed by atoms with Crippen LogP contribution in [0.25, 0.3) is 16.4 Å². The zero-order valence-corrected chi connectivity index (χ0v) is 11.6. The first-order valence-corrected chi connectivity index (χ1v) is 6.92. The molecule has 0 atom stereocenters. The van der Waals surface area contributed by atoms with Gasteiger partial charge in [-0.3, -0.25) is 0 Å². The summed E-state index contributed by atoms with van der Waals surface area (Å²) in [5.74, 6) is 0.743. The normalized spacial score (nSPS) is 10.7. The molecular weight excluding hydrogens is 312 g/mol. The molecule has 0 aliphatic rings. The van der Waals surface area contributed by atoms with Crippen molar-refractivity contribution < 1.29 is 0 Å². The van der Waals surface area contributed by atoms with Crippen LogP contribution in [0.4, 0.5) is 5.69 Å².